The number of fused-ring (bicyclic) bond motifs is 1. The summed E-state index contributed by atoms with van der Waals surface area (Å²) in [7, 11) is -3.52. The maximum absolute atomic E-state index is 12.2. The second-order valence-corrected chi connectivity index (χ2v) is 7.41. The third kappa shape index (κ3) is 2.33. The summed E-state index contributed by atoms with van der Waals surface area (Å²) in [6, 6.07) is 3.19. The highest BCUT2D eigenvalue weighted by Crippen LogP contribution is 2.40. The van der Waals surface area contributed by atoms with Crippen molar-refractivity contribution in [2.45, 2.75) is 44.4 Å². The third-order valence-electron chi connectivity index (χ3n) is 3.64. The lowest BCUT2D eigenvalue weighted by Gasteiger charge is -2.17. The minimum absolute atomic E-state index is 0.105. The molecule has 0 unspecified atom stereocenters. The molecule has 5 nitrogen and oxygen atoms in total. The molecule has 0 bridgehead atoms. The molecule has 0 fully saturated rings. The predicted octanol–water partition coefficient (Wildman–Crippen LogP) is 1.91. The number of rotatable bonds is 4. The van der Waals surface area contributed by atoms with Crippen LogP contribution in [-0.2, 0) is 20.2 Å². The maximum Gasteiger partial charge on any atom is 0.240 e. The molecular weight excluding hydrogens is 276 g/mol. The van der Waals surface area contributed by atoms with Gasteiger partial charge in [-0.3, -0.25) is 4.79 Å². The van der Waals surface area contributed by atoms with E-state index in [1.165, 1.54) is 0 Å². The van der Waals surface area contributed by atoms with E-state index in [0.717, 1.165) is 23.2 Å². The maximum atomic E-state index is 12.2. The minimum Gasteiger partial charge on any atom is -0.325 e. The van der Waals surface area contributed by atoms with Crippen LogP contribution in [0, 0.1) is 6.92 Å². The molecule has 0 aromatic heterocycles. The molecule has 2 rings (SSSR count). The van der Waals surface area contributed by atoms with Crippen molar-refractivity contribution in [2.75, 3.05) is 11.9 Å². The van der Waals surface area contributed by atoms with Gasteiger partial charge in [0.05, 0.1) is 10.3 Å². The van der Waals surface area contributed by atoms with Gasteiger partial charge in [-0.05, 0) is 50.5 Å². The smallest absolute Gasteiger partial charge is 0.240 e. The Labute approximate surface area is 119 Å². The van der Waals surface area contributed by atoms with E-state index >= 15 is 0 Å². The molecule has 20 heavy (non-hydrogen) atoms. The number of benzene rings is 1. The third-order valence-corrected chi connectivity index (χ3v) is 5.08. The van der Waals surface area contributed by atoms with Crippen LogP contribution in [0.1, 0.15) is 38.3 Å². The Bertz CT molecular complexity index is 663. The Morgan fingerprint density at radius 1 is 1.30 bits per heavy atom. The first-order valence-corrected chi connectivity index (χ1v) is 8.14. The normalized spacial score (nSPS) is 16.9. The van der Waals surface area contributed by atoms with E-state index in [9.17, 15) is 13.2 Å². The first-order chi connectivity index (χ1) is 9.20. The first-order valence-electron chi connectivity index (χ1n) is 6.66. The van der Waals surface area contributed by atoms with Crippen molar-refractivity contribution in [1.29, 1.82) is 0 Å². The molecule has 1 amide bonds. The second-order valence-electron chi connectivity index (χ2n) is 5.64. The van der Waals surface area contributed by atoms with Gasteiger partial charge < -0.3 is 5.32 Å². The molecule has 0 atom stereocenters. The molecule has 1 aromatic carbocycles. The average Bonchev–Trinajstić information content (AvgIpc) is 2.59. The molecule has 0 aliphatic carbocycles. The lowest BCUT2D eigenvalue weighted by molar-refractivity contribution is -0.119. The fourth-order valence-corrected chi connectivity index (χ4v) is 3.52. The van der Waals surface area contributed by atoms with Gasteiger partial charge in [-0.1, -0.05) is 6.92 Å². The quantitative estimate of drug-likeness (QED) is 0.891. The molecule has 110 valence electrons. The lowest BCUT2D eigenvalue weighted by atomic mass is 9.85. The van der Waals surface area contributed by atoms with Crippen LogP contribution in [0.4, 0.5) is 5.69 Å². The van der Waals surface area contributed by atoms with Gasteiger partial charge in [0.25, 0.3) is 0 Å². The van der Waals surface area contributed by atoms with Gasteiger partial charge in [0.2, 0.25) is 15.9 Å². The number of amides is 1. The van der Waals surface area contributed by atoms with Crippen molar-refractivity contribution >= 4 is 21.6 Å². The van der Waals surface area contributed by atoms with Gasteiger partial charge in [-0.2, -0.15) is 0 Å². The van der Waals surface area contributed by atoms with Crippen LogP contribution in [0.3, 0.4) is 0 Å². The summed E-state index contributed by atoms with van der Waals surface area (Å²) in [6.07, 6.45) is 0.731. The summed E-state index contributed by atoms with van der Waals surface area (Å²) < 4.78 is 27.0. The van der Waals surface area contributed by atoms with Crippen molar-refractivity contribution in [3.63, 3.8) is 0 Å². The van der Waals surface area contributed by atoms with Crippen molar-refractivity contribution < 1.29 is 13.2 Å². The Balaban J connectivity index is 2.54. The largest absolute Gasteiger partial charge is 0.325 e. The molecule has 1 aliphatic rings. The standard InChI is InChI=1S/C14H20N2O3S/c1-5-6-15-20(18,19)10-7-9(2)12-11(8-10)14(3,4)13(17)16-12/h7-8,15H,5-6H2,1-4H3,(H,16,17). The zero-order chi connectivity index (χ0) is 15.1. The molecule has 0 radical (unpaired) electrons. The van der Waals surface area contributed by atoms with Gasteiger partial charge >= 0.3 is 0 Å². The number of carbonyl (C=O) groups excluding carboxylic acids is 1. The van der Waals surface area contributed by atoms with E-state index in [0.29, 0.717) is 6.54 Å². The van der Waals surface area contributed by atoms with Crippen LogP contribution in [0.25, 0.3) is 0 Å². The summed E-state index contributed by atoms with van der Waals surface area (Å²) >= 11 is 0. The first kappa shape index (κ1) is 15.0. The molecule has 0 saturated heterocycles. The zero-order valence-electron chi connectivity index (χ0n) is 12.2. The summed E-state index contributed by atoms with van der Waals surface area (Å²) in [5, 5.41) is 2.82. The van der Waals surface area contributed by atoms with Gasteiger partial charge in [0, 0.05) is 12.2 Å². The van der Waals surface area contributed by atoms with Gasteiger partial charge in [-0.25, -0.2) is 13.1 Å². The van der Waals surface area contributed by atoms with E-state index in [1.807, 2.05) is 6.92 Å². The highest BCUT2D eigenvalue weighted by Gasteiger charge is 2.40. The monoisotopic (exact) mass is 296 g/mol. The number of hydrogen-bond donors (Lipinski definition) is 2. The number of anilines is 1. The Kier molecular flexibility index (Phi) is 3.64. The van der Waals surface area contributed by atoms with E-state index in [1.54, 1.807) is 32.9 Å². The molecule has 1 aromatic rings. The van der Waals surface area contributed by atoms with E-state index in [4.69, 9.17) is 0 Å². The van der Waals surface area contributed by atoms with E-state index in [2.05, 4.69) is 10.0 Å². The van der Waals surface area contributed by atoms with Crippen molar-refractivity contribution in [3.8, 4) is 0 Å². The lowest BCUT2D eigenvalue weighted by Crippen LogP contribution is -2.27. The molecule has 6 heteroatoms. The van der Waals surface area contributed by atoms with Crippen LogP contribution in [-0.4, -0.2) is 20.9 Å². The number of sulfonamides is 1. The van der Waals surface area contributed by atoms with Crippen LogP contribution >= 0.6 is 0 Å². The number of carbonyl (C=O) groups is 1. The fraction of sp³-hybridized carbons (Fsp3) is 0.500. The Morgan fingerprint density at radius 3 is 2.55 bits per heavy atom. The van der Waals surface area contributed by atoms with Crippen LogP contribution in [0.15, 0.2) is 17.0 Å². The SMILES string of the molecule is CCCNS(=O)(=O)c1cc(C)c2c(c1)C(C)(C)C(=O)N2. The highest BCUT2D eigenvalue weighted by molar-refractivity contribution is 7.89. The van der Waals surface area contributed by atoms with Crippen LogP contribution in [0.5, 0.6) is 0 Å². The van der Waals surface area contributed by atoms with Crippen molar-refractivity contribution in [2.24, 2.45) is 0 Å². The van der Waals surface area contributed by atoms with Gasteiger partial charge in [-0.15, -0.1) is 0 Å². The number of hydrogen-bond acceptors (Lipinski definition) is 3. The number of aryl methyl sites for hydroxylation is 1. The summed E-state index contributed by atoms with van der Waals surface area (Å²) in [4.78, 5) is 12.2. The van der Waals surface area contributed by atoms with Gasteiger partial charge in [0.15, 0.2) is 0 Å². The minimum atomic E-state index is -3.52. The average molecular weight is 296 g/mol. The van der Waals surface area contributed by atoms with Crippen LogP contribution < -0.4 is 10.0 Å². The second kappa shape index (κ2) is 4.86. The summed E-state index contributed by atoms with van der Waals surface area (Å²) in [5.74, 6) is -0.105. The molecule has 2 N–H and O–H groups in total. The molecule has 1 heterocycles. The van der Waals surface area contributed by atoms with E-state index < -0.39 is 15.4 Å². The zero-order valence-corrected chi connectivity index (χ0v) is 13.0. The predicted molar refractivity (Wildman–Crippen MR) is 78.3 cm³/mol. The van der Waals surface area contributed by atoms with Crippen molar-refractivity contribution in [3.05, 3.63) is 23.3 Å². The molecular formula is C14H20N2O3S. The molecule has 0 saturated carbocycles. The van der Waals surface area contributed by atoms with Crippen LogP contribution in [0.2, 0.25) is 0 Å². The Morgan fingerprint density at radius 2 is 1.95 bits per heavy atom. The van der Waals surface area contributed by atoms with Gasteiger partial charge in [0.1, 0.15) is 0 Å². The summed E-state index contributed by atoms with van der Waals surface area (Å²) in [5.41, 5.74) is 1.52. The Hall–Kier alpha value is -1.40. The molecule has 1 aliphatic heterocycles. The summed E-state index contributed by atoms with van der Waals surface area (Å²) in [6.45, 7) is 7.70. The molecule has 0 spiro atoms. The van der Waals surface area contributed by atoms with E-state index in [-0.39, 0.29) is 10.8 Å². The topological polar surface area (TPSA) is 75.3 Å². The number of nitrogens with one attached hydrogen (secondary N) is 2. The van der Waals surface area contributed by atoms with Crippen molar-refractivity contribution in [1.82, 2.24) is 4.72 Å². The highest BCUT2D eigenvalue weighted by atomic mass is 32.2. The fourth-order valence-electron chi connectivity index (χ4n) is 2.28.